The minimum atomic E-state index is -0.433. The van der Waals surface area contributed by atoms with Gasteiger partial charge in [-0.25, -0.2) is 4.39 Å². The largest absolute Gasteiger partial charge is 0.369 e. The number of hydrogen-bond acceptors (Lipinski definition) is 2. The number of rotatable bonds is 3. The molecule has 98 valence electrons. The first-order valence-corrected chi connectivity index (χ1v) is 6.66. The summed E-state index contributed by atoms with van der Waals surface area (Å²) in [6, 6.07) is 4.98. The minimum absolute atomic E-state index is 0.245. The summed E-state index contributed by atoms with van der Waals surface area (Å²) in [6.07, 6.45) is 0.782. The number of likely N-dealkylation sites (tertiary alicyclic amines) is 1. The van der Waals surface area contributed by atoms with Gasteiger partial charge < -0.3 is 5.73 Å². The van der Waals surface area contributed by atoms with Crippen molar-refractivity contribution in [3.05, 3.63) is 34.1 Å². The minimum Gasteiger partial charge on any atom is -0.369 e. The predicted molar refractivity (Wildman–Crippen MR) is 71.3 cm³/mol. The Labute approximate surface area is 114 Å². The molecule has 2 rings (SSSR count). The number of benzene rings is 1. The Kier molecular flexibility index (Phi) is 3.73. The van der Waals surface area contributed by atoms with Crippen LogP contribution < -0.4 is 5.73 Å². The molecule has 3 nitrogen and oxygen atoms in total. The second kappa shape index (κ2) is 4.97. The zero-order valence-electron chi connectivity index (χ0n) is 10.2. The Morgan fingerprint density at radius 2 is 2.33 bits per heavy atom. The molecule has 0 bridgehead atoms. The summed E-state index contributed by atoms with van der Waals surface area (Å²) < 4.78 is 13.6. The molecule has 0 radical (unpaired) electrons. The van der Waals surface area contributed by atoms with Gasteiger partial charge in [-0.1, -0.05) is 6.07 Å². The Hall–Kier alpha value is -0.940. The van der Waals surface area contributed by atoms with Gasteiger partial charge in [-0.3, -0.25) is 9.69 Å². The third-order valence-corrected chi connectivity index (χ3v) is 4.15. The van der Waals surface area contributed by atoms with E-state index in [1.807, 2.05) is 6.92 Å². The lowest BCUT2D eigenvalue weighted by molar-refractivity contribution is -0.126. The molecule has 1 aromatic rings. The summed E-state index contributed by atoms with van der Waals surface area (Å²) in [6.45, 7) is 4.11. The molecular formula is C13H16BrFN2O. The van der Waals surface area contributed by atoms with E-state index >= 15 is 0 Å². The van der Waals surface area contributed by atoms with Crippen molar-refractivity contribution >= 4 is 21.8 Å². The molecule has 0 aromatic heterocycles. The SMILES string of the molecule is CC1(C(N)=O)CCN(Cc2ccc(F)c(Br)c2)C1. The summed E-state index contributed by atoms with van der Waals surface area (Å²) in [5.41, 5.74) is 6.00. The van der Waals surface area contributed by atoms with Crippen LogP contribution in [0.25, 0.3) is 0 Å². The van der Waals surface area contributed by atoms with Gasteiger partial charge in [0, 0.05) is 13.1 Å². The first-order valence-electron chi connectivity index (χ1n) is 5.87. The molecule has 1 aliphatic rings. The highest BCUT2D eigenvalue weighted by Crippen LogP contribution is 2.30. The fourth-order valence-corrected chi connectivity index (χ4v) is 2.71. The molecule has 1 heterocycles. The lowest BCUT2D eigenvalue weighted by Gasteiger charge is -2.21. The van der Waals surface area contributed by atoms with E-state index in [0.29, 0.717) is 17.6 Å². The maximum atomic E-state index is 13.1. The van der Waals surface area contributed by atoms with Crippen molar-refractivity contribution in [2.45, 2.75) is 19.9 Å². The van der Waals surface area contributed by atoms with Crippen LogP contribution in [0.3, 0.4) is 0 Å². The number of amides is 1. The number of nitrogens with zero attached hydrogens (tertiary/aromatic N) is 1. The number of nitrogens with two attached hydrogens (primary N) is 1. The van der Waals surface area contributed by atoms with Crippen molar-refractivity contribution in [1.29, 1.82) is 0 Å². The molecular weight excluding hydrogens is 299 g/mol. The Bertz CT molecular complexity index is 480. The van der Waals surface area contributed by atoms with E-state index in [9.17, 15) is 9.18 Å². The van der Waals surface area contributed by atoms with Gasteiger partial charge in [0.25, 0.3) is 0 Å². The highest BCUT2D eigenvalue weighted by Gasteiger charge is 2.38. The van der Waals surface area contributed by atoms with Gasteiger partial charge in [0.1, 0.15) is 5.82 Å². The number of halogens is 2. The van der Waals surface area contributed by atoms with Crippen LogP contribution in [-0.4, -0.2) is 23.9 Å². The van der Waals surface area contributed by atoms with Crippen LogP contribution >= 0.6 is 15.9 Å². The molecule has 1 atom stereocenters. The van der Waals surface area contributed by atoms with Crippen LogP contribution in [0.15, 0.2) is 22.7 Å². The van der Waals surface area contributed by atoms with Crippen LogP contribution in [0.1, 0.15) is 18.9 Å². The molecule has 1 amide bonds. The number of hydrogen-bond donors (Lipinski definition) is 1. The molecule has 0 spiro atoms. The van der Waals surface area contributed by atoms with E-state index in [4.69, 9.17) is 5.73 Å². The van der Waals surface area contributed by atoms with Crippen LogP contribution in [0.2, 0.25) is 0 Å². The summed E-state index contributed by atoms with van der Waals surface area (Å²) in [5.74, 6) is -0.507. The molecule has 1 fully saturated rings. The third kappa shape index (κ3) is 2.72. The average molecular weight is 315 g/mol. The number of carbonyl (C=O) groups excluding carboxylic acids is 1. The van der Waals surface area contributed by atoms with Gasteiger partial charge in [-0.15, -0.1) is 0 Å². The van der Waals surface area contributed by atoms with E-state index in [-0.39, 0.29) is 11.7 Å². The first-order chi connectivity index (χ1) is 8.40. The summed E-state index contributed by atoms with van der Waals surface area (Å²) in [5, 5.41) is 0. The van der Waals surface area contributed by atoms with Crippen molar-refractivity contribution in [2.24, 2.45) is 11.1 Å². The van der Waals surface area contributed by atoms with E-state index < -0.39 is 5.41 Å². The average Bonchev–Trinajstić information content (AvgIpc) is 2.67. The maximum absolute atomic E-state index is 13.1. The molecule has 0 aliphatic carbocycles. The van der Waals surface area contributed by atoms with Gasteiger partial charge in [0.15, 0.2) is 0 Å². The van der Waals surface area contributed by atoms with E-state index in [0.717, 1.165) is 18.5 Å². The fourth-order valence-electron chi connectivity index (χ4n) is 2.29. The summed E-state index contributed by atoms with van der Waals surface area (Å²) >= 11 is 3.17. The standard InChI is InChI=1S/C13H16BrFN2O/c1-13(12(16)18)4-5-17(8-13)7-9-2-3-11(15)10(14)6-9/h2-3,6H,4-5,7-8H2,1H3,(H2,16,18). The summed E-state index contributed by atoms with van der Waals surface area (Å²) in [4.78, 5) is 13.5. The second-order valence-corrected chi connectivity index (χ2v) is 5.99. The van der Waals surface area contributed by atoms with Crippen LogP contribution in [-0.2, 0) is 11.3 Å². The highest BCUT2D eigenvalue weighted by atomic mass is 79.9. The van der Waals surface area contributed by atoms with Gasteiger partial charge >= 0.3 is 0 Å². The molecule has 1 aliphatic heterocycles. The Morgan fingerprint density at radius 1 is 1.61 bits per heavy atom. The zero-order chi connectivity index (χ0) is 13.3. The van der Waals surface area contributed by atoms with E-state index in [2.05, 4.69) is 20.8 Å². The predicted octanol–water partition coefficient (Wildman–Crippen LogP) is 2.29. The van der Waals surface area contributed by atoms with Gasteiger partial charge in [0.05, 0.1) is 9.89 Å². The molecule has 5 heteroatoms. The summed E-state index contributed by atoms with van der Waals surface area (Å²) in [7, 11) is 0. The lowest BCUT2D eigenvalue weighted by Crippen LogP contribution is -2.36. The van der Waals surface area contributed by atoms with E-state index in [1.165, 1.54) is 6.07 Å². The van der Waals surface area contributed by atoms with Gasteiger partial charge in [-0.05, 0) is 53.5 Å². The Morgan fingerprint density at radius 3 is 2.89 bits per heavy atom. The molecule has 0 saturated carbocycles. The van der Waals surface area contributed by atoms with Gasteiger partial charge in [-0.2, -0.15) is 0 Å². The quantitative estimate of drug-likeness (QED) is 0.930. The topological polar surface area (TPSA) is 46.3 Å². The van der Waals surface area contributed by atoms with Crippen LogP contribution in [0.4, 0.5) is 4.39 Å². The Balaban J connectivity index is 2.03. The highest BCUT2D eigenvalue weighted by molar-refractivity contribution is 9.10. The zero-order valence-corrected chi connectivity index (χ0v) is 11.8. The third-order valence-electron chi connectivity index (χ3n) is 3.54. The van der Waals surface area contributed by atoms with Crippen LogP contribution in [0.5, 0.6) is 0 Å². The fraction of sp³-hybridized carbons (Fsp3) is 0.462. The van der Waals surface area contributed by atoms with Crippen molar-refractivity contribution in [1.82, 2.24) is 4.90 Å². The molecule has 1 unspecified atom stereocenters. The smallest absolute Gasteiger partial charge is 0.224 e. The molecule has 2 N–H and O–H groups in total. The molecule has 18 heavy (non-hydrogen) atoms. The van der Waals surface area contributed by atoms with E-state index in [1.54, 1.807) is 12.1 Å². The number of carbonyl (C=O) groups is 1. The number of primary amides is 1. The monoisotopic (exact) mass is 314 g/mol. The van der Waals surface area contributed by atoms with Gasteiger partial charge in [0.2, 0.25) is 5.91 Å². The molecule has 1 saturated heterocycles. The lowest BCUT2D eigenvalue weighted by atomic mass is 9.89. The second-order valence-electron chi connectivity index (χ2n) is 5.13. The first kappa shape index (κ1) is 13.5. The maximum Gasteiger partial charge on any atom is 0.224 e. The van der Waals surface area contributed by atoms with Crippen molar-refractivity contribution in [3.63, 3.8) is 0 Å². The van der Waals surface area contributed by atoms with Crippen LogP contribution in [0, 0.1) is 11.2 Å². The normalized spacial score (nSPS) is 24.4. The van der Waals surface area contributed by atoms with Crippen molar-refractivity contribution < 1.29 is 9.18 Å². The van der Waals surface area contributed by atoms with Crippen molar-refractivity contribution in [3.8, 4) is 0 Å². The van der Waals surface area contributed by atoms with Crippen molar-refractivity contribution in [2.75, 3.05) is 13.1 Å². The molecule has 1 aromatic carbocycles.